The molecule has 2 atom stereocenters. The van der Waals surface area contributed by atoms with Gasteiger partial charge in [0, 0.05) is 37.9 Å². The van der Waals surface area contributed by atoms with Crippen molar-refractivity contribution in [2.75, 3.05) is 13.1 Å². The molecule has 1 aromatic rings. The van der Waals surface area contributed by atoms with Gasteiger partial charge in [0.15, 0.2) is 0 Å². The molecular weight excluding hydrogens is 200 g/mol. The fourth-order valence-corrected chi connectivity index (χ4v) is 2.48. The van der Waals surface area contributed by atoms with E-state index in [4.69, 9.17) is 5.73 Å². The molecule has 2 unspecified atom stereocenters. The number of likely N-dealkylation sites (tertiary alicyclic amines) is 1. The third-order valence-corrected chi connectivity index (χ3v) is 3.45. The van der Waals surface area contributed by atoms with Crippen LogP contribution in [0.2, 0.25) is 0 Å². The Morgan fingerprint density at radius 1 is 1.62 bits per heavy atom. The van der Waals surface area contributed by atoms with Gasteiger partial charge in [-0.15, -0.1) is 0 Å². The van der Waals surface area contributed by atoms with Crippen molar-refractivity contribution in [1.82, 2.24) is 14.7 Å². The Bertz CT molecular complexity index is 332. The van der Waals surface area contributed by atoms with Crippen molar-refractivity contribution in [2.24, 2.45) is 18.7 Å². The number of hydrogen-bond donors (Lipinski definition) is 1. The third-order valence-electron chi connectivity index (χ3n) is 3.45. The van der Waals surface area contributed by atoms with Crippen molar-refractivity contribution in [1.29, 1.82) is 0 Å². The Morgan fingerprint density at radius 3 is 3.06 bits per heavy atom. The zero-order valence-corrected chi connectivity index (χ0v) is 10.3. The Labute approximate surface area is 97.4 Å². The minimum Gasteiger partial charge on any atom is -0.328 e. The third kappa shape index (κ3) is 2.83. The first kappa shape index (κ1) is 11.6. The van der Waals surface area contributed by atoms with Crippen LogP contribution in [0.5, 0.6) is 0 Å². The fourth-order valence-electron chi connectivity index (χ4n) is 2.48. The molecule has 2 rings (SSSR count). The van der Waals surface area contributed by atoms with E-state index in [-0.39, 0.29) is 0 Å². The molecule has 1 saturated heterocycles. The molecule has 0 amide bonds. The summed E-state index contributed by atoms with van der Waals surface area (Å²) in [5, 5.41) is 4.20. The van der Waals surface area contributed by atoms with E-state index in [1.54, 1.807) is 0 Å². The summed E-state index contributed by atoms with van der Waals surface area (Å²) in [5.74, 6) is 0.658. The van der Waals surface area contributed by atoms with E-state index >= 15 is 0 Å². The van der Waals surface area contributed by atoms with Gasteiger partial charge >= 0.3 is 0 Å². The van der Waals surface area contributed by atoms with E-state index in [1.807, 2.05) is 17.9 Å². The molecule has 1 fully saturated rings. The van der Waals surface area contributed by atoms with E-state index < -0.39 is 0 Å². The summed E-state index contributed by atoms with van der Waals surface area (Å²) in [6, 6.07) is 0.316. The average Bonchev–Trinajstić information content (AvgIpc) is 2.64. The van der Waals surface area contributed by atoms with Gasteiger partial charge in [0.05, 0.1) is 6.20 Å². The predicted octanol–water partition coefficient (Wildman–Crippen LogP) is 0.979. The van der Waals surface area contributed by atoms with Crippen molar-refractivity contribution in [3.63, 3.8) is 0 Å². The van der Waals surface area contributed by atoms with Gasteiger partial charge in [0.1, 0.15) is 0 Å². The average molecular weight is 222 g/mol. The number of nitrogens with zero attached hydrogens (tertiary/aromatic N) is 3. The molecule has 0 radical (unpaired) electrons. The molecule has 2 heterocycles. The minimum atomic E-state index is 0.316. The summed E-state index contributed by atoms with van der Waals surface area (Å²) in [6.45, 7) is 5.46. The molecule has 1 aliphatic rings. The van der Waals surface area contributed by atoms with Gasteiger partial charge in [0.25, 0.3) is 0 Å². The van der Waals surface area contributed by atoms with Gasteiger partial charge in [-0.05, 0) is 32.2 Å². The Balaban J connectivity index is 1.90. The summed E-state index contributed by atoms with van der Waals surface area (Å²) >= 11 is 0. The Kier molecular flexibility index (Phi) is 3.61. The lowest BCUT2D eigenvalue weighted by Gasteiger charge is -2.34. The predicted molar refractivity (Wildman–Crippen MR) is 64.9 cm³/mol. The first-order chi connectivity index (χ1) is 7.65. The maximum atomic E-state index is 5.98. The summed E-state index contributed by atoms with van der Waals surface area (Å²) in [5.41, 5.74) is 7.28. The van der Waals surface area contributed by atoms with Crippen molar-refractivity contribution in [2.45, 2.75) is 32.4 Å². The standard InChI is InChI=1S/C12H22N4/c1-10(13)12-4-3-5-16(9-12)8-11-6-14-15(2)7-11/h6-7,10,12H,3-5,8-9,13H2,1-2H3. The molecule has 4 nitrogen and oxygen atoms in total. The van der Waals surface area contributed by atoms with E-state index in [2.05, 4.69) is 23.1 Å². The Morgan fingerprint density at radius 2 is 2.44 bits per heavy atom. The number of aryl methyl sites for hydroxylation is 1. The zero-order chi connectivity index (χ0) is 11.5. The van der Waals surface area contributed by atoms with Gasteiger partial charge in [-0.3, -0.25) is 9.58 Å². The van der Waals surface area contributed by atoms with Crippen LogP contribution in [0, 0.1) is 5.92 Å². The molecule has 1 aromatic heterocycles. The molecule has 0 bridgehead atoms. The maximum Gasteiger partial charge on any atom is 0.0534 e. The van der Waals surface area contributed by atoms with Crippen molar-refractivity contribution in [3.8, 4) is 0 Å². The smallest absolute Gasteiger partial charge is 0.0534 e. The number of nitrogens with two attached hydrogens (primary N) is 1. The number of hydrogen-bond acceptors (Lipinski definition) is 3. The van der Waals surface area contributed by atoms with E-state index in [0.717, 1.165) is 13.1 Å². The summed E-state index contributed by atoms with van der Waals surface area (Å²) in [4.78, 5) is 2.49. The largest absolute Gasteiger partial charge is 0.328 e. The van der Waals surface area contributed by atoms with Crippen LogP contribution < -0.4 is 5.73 Å². The van der Waals surface area contributed by atoms with Crippen LogP contribution in [0.1, 0.15) is 25.3 Å². The van der Waals surface area contributed by atoms with Gasteiger partial charge in [0.2, 0.25) is 0 Å². The molecular formula is C12H22N4. The quantitative estimate of drug-likeness (QED) is 0.829. The molecule has 0 aliphatic carbocycles. The van der Waals surface area contributed by atoms with Crippen LogP contribution in [0.15, 0.2) is 12.4 Å². The van der Waals surface area contributed by atoms with Gasteiger partial charge in [-0.2, -0.15) is 5.10 Å². The van der Waals surface area contributed by atoms with Gasteiger partial charge in [-0.1, -0.05) is 0 Å². The number of piperidine rings is 1. The molecule has 1 aliphatic heterocycles. The van der Waals surface area contributed by atoms with Gasteiger partial charge < -0.3 is 5.73 Å². The fraction of sp³-hybridized carbons (Fsp3) is 0.750. The lowest BCUT2D eigenvalue weighted by molar-refractivity contribution is 0.154. The minimum absolute atomic E-state index is 0.316. The van der Waals surface area contributed by atoms with Crippen molar-refractivity contribution in [3.05, 3.63) is 18.0 Å². The van der Waals surface area contributed by atoms with Crippen LogP contribution >= 0.6 is 0 Å². The lowest BCUT2D eigenvalue weighted by Crippen LogP contribution is -2.41. The topological polar surface area (TPSA) is 47.1 Å². The van der Waals surface area contributed by atoms with E-state index in [1.165, 1.54) is 24.9 Å². The van der Waals surface area contributed by atoms with Crippen LogP contribution in [0.25, 0.3) is 0 Å². The molecule has 0 aromatic carbocycles. The molecule has 16 heavy (non-hydrogen) atoms. The summed E-state index contributed by atoms with van der Waals surface area (Å²) in [7, 11) is 1.96. The van der Waals surface area contributed by atoms with Crippen LogP contribution in [-0.2, 0) is 13.6 Å². The number of rotatable bonds is 3. The van der Waals surface area contributed by atoms with E-state index in [9.17, 15) is 0 Å². The first-order valence-corrected chi connectivity index (χ1v) is 6.10. The molecule has 90 valence electrons. The maximum absolute atomic E-state index is 5.98. The van der Waals surface area contributed by atoms with Crippen molar-refractivity contribution >= 4 is 0 Å². The highest BCUT2D eigenvalue weighted by molar-refractivity contribution is 5.03. The molecule has 0 spiro atoms. The molecule has 0 saturated carbocycles. The molecule has 4 heteroatoms. The highest BCUT2D eigenvalue weighted by atomic mass is 15.2. The second-order valence-corrected chi connectivity index (χ2v) is 5.02. The van der Waals surface area contributed by atoms with Crippen molar-refractivity contribution < 1.29 is 0 Å². The highest BCUT2D eigenvalue weighted by Gasteiger charge is 2.22. The molecule has 2 N–H and O–H groups in total. The lowest BCUT2D eigenvalue weighted by atomic mass is 9.92. The van der Waals surface area contributed by atoms with E-state index in [0.29, 0.717) is 12.0 Å². The first-order valence-electron chi connectivity index (χ1n) is 6.10. The summed E-state index contributed by atoms with van der Waals surface area (Å²) < 4.78 is 1.86. The van der Waals surface area contributed by atoms with Gasteiger partial charge in [-0.25, -0.2) is 0 Å². The van der Waals surface area contributed by atoms with Crippen LogP contribution in [0.4, 0.5) is 0 Å². The second kappa shape index (κ2) is 4.97. The Hall–Kier alpha value is -0.870. The number of aromatic nitrogens is 2. The highest BCUT2D eigenvalue weighted by Crippen LogP contribution is 2.20. The van der Waals surface area contributed by atoms with Crippen LogP contribution in [-0.4, -0.2) is 33.8 Å². The monoisotopic (exact) mass is 222 g/mol. The second-order valence-electron chi connectivity index (χ2n) is 5.02. The zero-order valence-electron chi connectivity index (χ0n) is 10.3. The normalized spacial score (nSPS) is 24.6. The summed E-state index contributed by atoms with van der Waals surface area (Å²) in [6.07, 6.45) is 6.60. The van der Waals surface area contributed by atoms with Crippen LogP contribution in [0.3, 0.4) is 0 Å². The SMILES string of the molecule is CC(N)C1CCCN(Cc2cnn(C)c2)C1.